The van der Waals surface area contributed by atoms with Crippen LogP contribution in [-0.4, -0.2) is 45.1 Å². The first-order valence-corrected chi connectivity index (χ1v) is 8.20. The average Bonchev–Trinajstić information content (AvgIpc) is 3.08. The van der Waals surface area contributed by atoms with Crippen LogP contribution in [-0.2, 0) is 11.3 Å². The summed E-state index contributed by atoms with van der Waals surface area (Å²) in [6.07, 6.45) is 7.06. The van der Waals surface area contributed by atoms with Crippen LogP contribution in [0.4, 0.5) is 5.95 Å². The van der Waals surface area contributed by atoms with Gasteiger partial charge >= 0.3 is 0 Å². The Bertz CT molecular complexity index is 728. The summed E-state index contributed by atoms with van der Waals surface area (Å²) in [6, 6.07) is 10.8. The van der Waals surface area contributed by atoms with E-state index in [2.05, 4.69) is 44.5 Å². The van der Waals surface area contributed by atoms with Crippen molar-refractivity contribution in [2.45, 2.75) is 19.0 Å². The summed E-state index contributed by atoms with van der Waals surface area (Å²) in [5.74, 6) is -0.0121. The highest BCUT2D eigenvalue weighted by molar-refractivity contribution is 5.90. The molecule has 0 unspecified atom stereocenters. The van der Waals surface area contributed by atoms with E-state index in [-0.39, 0.29) is 24.8 Å². The molecular formula is C18H23Cl2N5O2. The lowest BCUT2D eigenvalue weighted by atomic mass is 10.2. The average molecular weight is 412 g/mol. The maximum atomic E-state index is 10.9. The van der Waals surface area contributed by atoms with Crippen molar-refractivity contribution < 1.29 is 10.0 Å². The number of carbonyl (C=O) groups excluding carboxylic acids is 1. The Morgan fingerprint density at radius 2 is 1.93 bits per heavy atom. The van der Waals surface area contributed by atoms with Crippen molar-refractivity contribution in [2.24, 2.45) is 0 Å². The predicted octanol–water partition coefficient (Wildman–Crippen LogP) is 2.53. The van der Waals surface area contributed by atoms with Gasteiger partial charge < -0.3 is 5.32 Å². The smallest absolute Gasteiger partial charge is 0.267 e. The van der Waals surface area contributed by atoms with Gasteiger partial charge in [-0.05, 0) is 18.1 Å². The maximum absolute atomic E-state index is 10.9. The Kier molecular flexibility index (Phi) is 9.74. The first kappa shape index (κ1) is 22.9. The Morgan fingerprint density at radius 1 is 1.22 bits per heavy atom. The molecule has 2 heterocycles. The van der Waals surface area contributed by atoms with Gasteiger partial charge in [0.2, 0.25) is 5.95 Å². The quantitative estimate of drug-likeness (QED) is 0.384. The number of anilines is 1. The van der Waals surface area contributed by atoms with Gasteiger partial charge in [-0.1, -0.05) is 30.3 Å². The lowest BCUT2D eigenvalue weighted by molar-refractivity contribution is -0.124. The van der Waals surface area contributed by atoms with Crippen LogP contribution >= 0.6 is 24.8 Å². The number of likely N-dealkylation sites (tertiary alicyclic amines) is 1. The second-order valence-corrected chi connectivity index (χ2v) is 6.00. The number of rotatable bonds is 6. The second kappa shape index (κ2) is 11.5. The van der Waals surface area contributed by atoms with Crippen LogP contribution in [0.1, 0.15) is 17.5 Å². The molecule has 1 aromatic heterocycles. The molecule has 0 saturated carbocycles. The van der Waals surface area contributed by atoms with Crippen LogP contribution < -0.4 is 10.8 Å². The maximum Gasteiger partial charge on any atom is 0.267 e. The number of carbonyl (C=O) groups is 1. The molecule has 146 valence electrons. The van der Waals surface area contributed by atoms with Crippen molar-refractivity contribution >= 4 is 42.7 Å². The number of hydrogen-bond donors (Lipinski definition) is 3. The highest BCUT2D eigenvalue weighted by Gasteiger charge is 2.22. The zero-order valence-electron chi connectivity index (χ0n) is 14.6. The van der Waals surface area contributed by atoms with E-state index in [1.807, 2.05) is 6.07 Å². The zero-order valence-corrected chi connectivity index (χ0v) is 16.2. The van der Waals surface area contributed by atoms with Crippen LogP contribution in [0.3, 0.4) is 0 Å². The van der Waals surface area contributed by atoms with Gasteiger partial charge in [0.15, 0.2) is 0 Å². The monoisotopic (exact) mass is 411 g/mol. The molecule has 1 saturated heterocycles. The van der Waals surface area contributed by atoms with Crippen molar-refractivity contribution in [3.8, 4) is 0 Å². The van der Waals surface area contributed by atoms with Gasteiger partial charge in [-0.15, -0.1) is 24.8 Å². The SMILES string of the molecule is Cl.Cl.O=C(/C=C/c1cnc(N[C@@H]2CCN(Cc3ccccc3)C2)nc1)NO. The Hall–Kier alpha value is -2.19. The van der Waals surface area contributed by atoms with E-state index >= 15 is 0 Å². The van der Waals surface area contributed by atoms with Crippen LogP contribution in [0, 0.1) is 0 Å². The minimum atomic E-state index is -0.591. The minimum Gasteiger partial charge on any atom is -0.350 e. The topological polar surface area (TPSA) is 90.4 Å². The van der Waals surface area contributed by atoms with E-state index in [1.54, 1.807) is 12.4 Å². The number of hydrogen-bond acceptors (Lipinski definition) is 6. The van der Waals surface area contributed by atoms with E-state index in [9.17, 15) is 4.79 Å². The molecule has 0 spiro atoms. The third kappa shape index (κ3) is 7.15. The van der Waals surface area contributed by atoms with Gasteiger partial charge in [-0.2, -0.15) is 0 Å². The standard InChI is InChI=1S/C18H21N5O2.2ClH/c24-17(22-25)7-6-15-10-19-18(20-11-15)21-16-8-9-23(13-16)12-14-4-2-1-3-5-14;;/h1-7,10-11,16,25H,8-9,12-13H2,(H,22,24)(H,19,20,21);2*1H/b7-6+;;/t16-;;/m1../s1. The molecule has 0 bridgehead atoms. The molecule has 1 atom stereocenters. The summed E-state index contributed by atoms with van der Waals surface area (Å²) in [6.45, 7) is 2.96. The van der Waals surface area contributed by atoms with Gasteiger partial charge in [-0.25, -0.2) is 15.4 Å². The Balaban J connectivity index is 0.00000182. The molecule has 1 aromatic carbocycles. The molecule has 3 rings (SSSR count). The molecule has 9 heteroatoms. The van der Waals surface area contributed by atoms with Crippen molar-refractivity contribution in [3.05, 3.63) is 59.9 Å². The first-order chi connectivity index (χ1) is 12.2. The number of benzene rings is 1. The van der Waals surface area contributed by atoms with Gasteiger partial charge in [0.25, 0.3) is 5.91 Å². The molecule has 1 fully saturated rings. The van der Waals surface area contributed by atoms with E-state index in [0.717, 1.165) is 26.1 Å². The van der Waals surface area contributed by atoms with Crippen LogP contribution in [0.15, 0.2) is 48.8 Å². The van der Waals surface area contributed by atoms with Crippen LogP contribution in [0.5, 0.6) is 0 Å². The molecule has 1 aliphatic rings. The lowest BCUT2D eigenvalue weighted by Crippen LogP contribution is -2.26. The highest BCUT2D eigenvalue weighted by Crippen LogP contribution is 2.16. The summed E-state index contributed by atoms with van der Waals surface area (Å²) in [7, 11) is 0. The van der Waals surface area contributed by atoms with Gasteiger partial charge in [0.1, 0.15) is 0 Å². The summed E-state index contributed by atoms with van der Waals surface area (Å²) >= 11 is 0. The minimum absolute atomic E-state index is 0. The third-order valence-corrected chi connectivity index (χ3v) is 4.06. The van der Waals surface area contributed by atoms with Gasteiger partial charge in [-0.3, -0.25) is 14.9 Å². The molecule has 1 aliphatic heterocycles. The fraction of sp³-hybridized carbons (Fsp3) is 0.278. The van der Waals surface area contributed by atoms with Crippen molar-refractivity contribution in [3.63, 3.8) is 0 Å². The number of hydroxylamine groups is 1. The number of amides is 1. The van der Waals surface area contributed by atoms with E-state index in [0.29, 0.717) is 17.6 Å². The first-order valence-electron chi connectivity index (χ1n) is 8.20. The molecule has 0 radical (unpaired) electrons. The number of nitrogens with one attached hydrogen (secondary N) is 2. The van der Waals surface area contributed by atoms with E-state index in [4.69, 9.17) is 5.21 Å². The van der Waals surface area contributed by atoms with Crippen molar-refractivity contribution in [1.82, 2.24) is 20.3 Å². The Morgan fingerprint density at radius 3 is 2.59 bits per heavy atom. The highest BCUT2D eigenvalue weighted by atomic mass is 35.5. The summed E-state index contributed by atoms with van der Waals surface area (Å²) in [5, 5.41) is 11.8. The summed E-state index contributed by atoms with van der Waals surface area (Å²) in [5.41, 5.74) is 3.54. The van der Waals surface area contributed by atoms with Crippen LogP contribution in [0.25, 0.3) is 6.08 Å². The fourth-order valence-corrected chi connectivity index (χ4v) is 2.83. The molecular weight excluding hydrogens is 389 g/mol. The number of aromatic nitrogens is 2. The lowest BCUT2D eigenvalue weighted by Gasteiger charge is -2.16. The zero-order chi connectivity index (χ0) is 17.5. The van der Waals surface area contributed by atoms with Gasteiger partial charge in [0, 0.05) is 49.7 Å². The molecule has 7 nitrogen and oxygen atoms in total. The van der Waals surface area contributed by atoms with E-state index < -0.39 is 5.91 Å². The molecule has 27 heavy (non-hydrogen) atoms. The number of halogens is 2. The fourth-order valence-electron chi connectivity index (χ4n) is 2.83. The Labute approximate surface area is 170 Å². The van der Waals surface area contributed by atoms with Crippen molar-refractivity contribution in [1.29, 1.82) is 0 Å². The van der Waals surface area contributed by atoms with Crippen molar-refractivity contribution in [2.75, 3.05) is 18.4 Å². The summed E-state index contributed by atoms with van der Waals surface area (Å²) in [4.78, 5) is 21.9. The molecule has 1 amide bonds. The number of nitrogens with zero attached hydrogens (tertiary/aromatic N) is 3. The predicted molar refractivity (Wildman–Crippen MR) is 109 cm³/mol. The van der Waals surface area contributed by atoms with E-state index in [1.165, 1.54) is 23.2 Å². The van der Waals surface area contributed by atoms with Gasteiger partial charge in [0.05, 0.1) is 0 Å². The normalized spacial score (nSPS) is 16.4. The molecule has 3 N–H and O–H groups in total. The summed E-state index contributed by atoms with van der Waals surface area (Å²) < 4.78 is 0. The molecule has 0 aliphatic carbocycles. The third-order valence-electron chi connectivity index (χ3n) is 4.06. The second-order valence-electron chi connectivity index (χ2n) is 6.00. The largest absolute Gasteiger partial charge is 0.350 e. The molecule has 2 aromatic rings. The van der Waals surface area contributed by atoms with Crippen LogP contribution in [0.2, 0.25) is 0 Å².